The fourth-order valence-corrected chi connectivity index (χ4v) is 2.76. The Kier molecular flexibility index (Phi) is 4.71. The van der Waals surface area contributed by atoms with Gasteiger partial charge >= 0.3 is 0 Å². The molecule has 5 heteroatoms. The van der Waals surface area contributed by atoms with Gasteiger partial charge in [0.2, 0.25) is 0 Å². The van der Waals surface area contributed by atoms with Crippen molar-refractivity contribution in [2.24, 2.45) is 5.92 Å². The first-order valence-corrected chi connectivity index (χ1v) is 6.86. The Morgan fingerprint density at radius 1 is 1.47 bits per heavy atom. The minimum atomic E-state index is 0.151. The maximum Gasteiger partial charge on any atom is 0.156 e. The maximum atomic E-state index is 9.63. The van der Waals surface area contributed by atoms with E-state index in [4.69, 9.17) is 4.74 Å². The largest absolute Gasteiger partial charge is 0.394 e. The molecule has 0 aliphatic carbocycles. The molecule has 2 atom stereocenters. The van der Waals surface area contributed by atoms with Crippen molar-refractivity contribution in [3.63, 3.8) is 0 Å². The quantitative estimate of drug-likeness (QED) is 0.894. The summed E-state index contributed by atoms with van der Waals surface area (Å²) in [6, 6.07) is 2.14. The minimum absolute atomic E-state index is 0.151. The highest BCUT2D eigenvalue weighted by Gasteiger charge is 2.29. The van der Waals surface area contributed by atoms with Crippen molar-refractivity contribution in [3.8, 4) is 0 Å². The summed E-state index contributed by atoms with van der Waals surface area (Å²) in [5.74, 6) is 2.09. The van der Waals surface area contributed by atoms with Crippen molar-refractivity contribution >= 4 is 5.82 Å². The molecule has 2 heterocycles. The Balaban J connectivity index is 2.28. The molecule has 0 spiro atoms. The van der Waals surface area contributed by atoms with Crippen molar-refractivity contribution in [2.45, 2.75) is 39.3 Å². The predicted octanol–water partition coefficient (Wildman–Crippen LogP) is 1.53. The van der Waals surface area contributed by atoms with E-state index in [2.05, 4.69) is 21.8 Å². The average Bonchev–Trinajstić information content (AvgIpc) is 2.38. The third kappa shape index (κ3) is 3.22. The Morgan fingerprint density at radius 3 is 2.95 bits per heavy atom. The number of aromatic nitrogens is 2. The number of hydrogen-bond donors (Lipinski definition) is 1. The fraction of sp³-hybridized carbons (Fsp3) is 0.714. The molecule has 0 saturated carbocycles. The first-order chi connectivity index (χ1) is 9.15. The van der Waals surface area contributed by atoms with Crippen LogP contribution in [0.15, 0.2) is 6.07 Å². The van der Waals surface area contributed by atoms with Gasteiger partial charge in [0.15, 0.2) is 5.82 Å². The standard InChI is InChI=1S/C14H23N3O2/c1-10-5-4-6-17(12(10)8-18)14-7-11(2)15-13(16-14)9-19-3/h7,10,12,18H,4-6,8-9H2,1-3H3/t10-,12+/m1/s1. The van der Waals surface area contributed by atoms with E-state index in [1.54, 1.807) is 7.11 Å². The molecule has 0 unspecified atom stereocenters. The smallest absolute Gasteiger partial charge is 0.156 e. The zero-order chi connectivity index (χ0) is 13.8. The Bertz CT molecular complexity index is 425. The minimum Gasteiger partial charge on any atom is -0.394 e. The van der Waals surface area contributed by atoms with Crippen molar-refractivity contribution < 1.29 is 9.84 Å². The number of methoxy groups -OCH3 is 1. The first kappa shape index (κ1) is 14.2. The predicted molar refractivity (Wildman–Crippen MR) is 74.1 cm³/mol. The van der Waals surface area contributed by atoms with Crippen LogP contribution in [0.3, 0.4) is 0 Å². The maximum absolute atomic E-state index is 9.63. The number of hydrogen-bond acceptors (Lipinski definition) is 5. The van der Waals surface area contributed by atoms with E-state index in [0.717, 1.165) is 30.9 Å². The fourth-order valence-electron chi connectivity index (χ4n) is 2.76. The monoisotopic (exact) mass is 265 g/mol. The van der Waals surface area contributed by atoms with Crippen LogP contribution in [0.1, 0.15) is 31.3 Å². The Labute approximate surface area is 114 Å². The van der Waals surface area contributed by atoms with E-state index < -0.39 is 0 Å². The lowest BCUT2D eigenvalue weighted by Crippen LogP contribution is -2.47. The molecule has 19 heavy (non-hydrogen) atoms. The van der Waals surface area contributed by atoms with Gasteiger partial charge in [-0.15, -0.1) is 0 Å². The molecular formula is C14H23N3O2. The van der Waals surface area contributed by atoms with Gasteiger partial charge in [-0.2, -0.15) is 0 Å². The van der Waals surface area contributed by atoms with E-state index in [1.807, 2.05) is 13.0 Å². The van der Waals surface area contributed by atoms with Crippen LogP contribution >= 0.6 is 0 Å². The number of aliphatic hydroxyl groups is 1. The molecular weight excluding hydrogens is 242 g/mol. The molecule has 1 N–H and O–H groups in total. The molecule has 1 aliphatic heterocycles. The molecule has 0 amide bonds. The molecule has 1 aliphatic rings. The lowest BCUT2D eigenvalue weighted by Gasteiger charge is -2.40. The van der Waals surface area contributed by atoms with Gasteiger partial charge in [0, 0.05) is 25.4 Å². The first-order valence-electron chi connectivity index (χ1n) is 6.86. The number of aryl methyl sites for hydroxylation is 1. The summed E-state index contributed by atoms with van der Waals surface area (Å²) in [4.78, 5) is 11.1. The summed E-state index contributed by atoms with van der Waals surface area (Å²) < 4.78 is 5.11. The van der Waals surface area contributed by atoms with Gasteiger partial charge in [-0.05, 0) is 25.7 Å². The second kappa shape index (κ2) is 6.30. The highest BCUT2D eigenvalue weighted by Crippen LogP contribution is 2.27. The van der Waals surface area contributed by atoms with Gasteiger partial charge in [0.25, 0.3) is 0 Å². The summed E-state index contributed by atoms with van der Waals surface area (Å²) in [5, 5.41) is 9.63. The molecule has 106 valence electrons. The Hall–Kier alpha value is -1.20. The van der Waals surface area contributed by atoms with Crippen LogP contribution in [0.4, 0.5) is 5.82 Å². The second-order valence-corrected chi connectivity index (χ2v) is 5.28. The molecule has 5 nitrogen and oxygen atoms in total. The lowest BCUT2D eigenvalue weighted by atomic mass is 9.91. The summed E-state index contributed by atoms with van der Waals surface area (Å²) in [7, 11) is 1.64. The number of aliphatic hydroxyl groups excluding tert-OH is 1. The molecule has 2 rings (SSSR count). The van der Waals surface area contributed by atoms with E-state index in [0.29, 0.717) is 18.3 Å². The molecule has 1 aromatic rings. The van der Waals surface area contributed by atoms with E-state index in [9.17, 15) is 5.11 Å². The van der Waals surface area contributed by atoms with Crippen LogP contribution in [0.25, 0.3) is 0 Å². The van der Waals surface area contributed by atoms with E-state index >= 15 is 0 Å². The lowest BCUT2D eigenvalue weighted by molar-refractivity contribution is 0.177. The normalized spacial score (nSPS) is 23.7. The van der Waals surface area contributed by atoms with Gasteiger partial charge in [0.1, 0.15) is 12.4 Å². The molecule has 0 aromatic carbocycles. The van der Waals surface area contributed by atoms with Crippen LogP contribution in [0.5, 0.6) is 0 Å². The topological polar surface area (TPSA) is 58.5 Å². The number of ether oxygens (including phenoxy) is 1. The van der Waals surface area contributed by atoms with Gasteiger partial charge in [0.05, 0.1) is 12.6 Å². The highest BCUT2D eigenvalue weighted by molar-refractivity contribution is 5.42. The number of rotatable bonds is 4. The summed E-state index contributed by atoms with van der Waals surface area (Å²) >= 11 is 0. The van der Waals surface area contributed by atoms with Crippen molar-refractivity contribution in [1.82, 2.24) is 9.97 Å². The van der Waals surface area contributed by atoms with Crippen molar-refractivity contribution in [1.29, 1.82) is 0 Å². The summed E-state index contributed by atoms with van der Waals surface area (Å²) in [6.45, 7) is 5.69. The van der Waals surface area contributed by atoms with E-state index in [1.165, 1.54) is 0 Å². The van der Waals surface area contributed by atoms with Crippen LogP contribution in [0.2, 0.25) is 0 Å². The van der Waals surface area contributed by atoms with E-state index in [-0.39, 0.29) is 12.6 Å². The average molecular weight is 265 g/mol. The summed E-state index contributed by atoms with van der Waals surface area (Å²) in [6.07, 6.45) is 2.30. The van der Waals surface area contributed by atoms with Gasteiger partial charge < -0.3 is 14.7 Å². The van der Waals surface area contributed by atoms with Crippen LogP contribution in [-0.4, -0.2) is 41.4 Å². The van der Waals surface area contributed by atoms with Crippen LogP contribution in [0, 0.1) is 12.8 Å². The number of anilines is 1. The van der Waals surface area contributed by atoms with Crippen LogP contribution < -0.4 is 4.90 Å². The van der Waals surface area contributed by atoms with Gasteiger partial charge in [-0.3, -0.25) is 0 Å². The second-order valence-electron chi connectivity index (χ2n) is 5.28. The van der Waals surface area contributed by atoms with Crippen molar-refractivity contribution in [3.05, 3.63) is 17.6 Å². The zero-order valence-corrected chi connectivity index (χ0v) is 12.0. The molecule has 0 bridgehead atoms. The molecule has 1 aromatic heterocycles. The third-order valence-corrected chi connectivity index (χ3v) is 3.76. The van der Waals surface area contributed by atoms with Crippen LogP contribution in [-0.2, 0) is 11.3 Å². The van der Waals surface area contributed by atoms with Gasteiger partial charge in [-0.1, -0.05) is 6.92 Å². The third-order valence-electron chi connectivity index (χ3n) is 3.76. The molecule has 0 radical (unpaired) electrons. The number of piperidine rings is 1. The molecule has 1 saturated heterocycles. The summed E-state index contributed by atoms with van der Waals surface area (Å²) in [5.41, 5.74) is 0.937. The zero-order valence-electron chi connectivity index (χ0n) is 12.0. The number of nitrogens with zero attached hydrogens (tertiary/aromatic N) is 3. The van der Waals surface area contributed by atoms with Crippen molar-refractivity contribution in [2.75, 3.05) is 25.2 Å². The SMILES string of the molecule is COCc1nc(C)cc(N2CCC[C@@H](C)[C@@H]2CO)n1. The van der Waals surface area contributed by atoms with Gasteiger partial charge in [-0.25, -0.2) is 9.97 Å². The molecule has 1 fully saturated rings. The Morgan fingerprint density at radius 2 is 2.26 bits per heavy atom. The highest BCUT2D eigenvalue weighted by atomic mass is 16.5.